The van der Waals surface area contributed by atoms with Crippen molar-refractivity contribution in [2.45, 2.75) is 38.2 Å². The van der Waals surface area contributed by atoms with E-state index in [-0.39, 0.29) is 0 Å². The number of nitrogens with zero attached hydrogens (tertiary/aromatic N) is 1. The Hall–Kier alpha value is -0.990. The largest absolute Gasteiger partial charge is 0.363 e. The van der Waals surface area contributed by atoms with Crippen molar-refractivity contribution in [3.8, 4) is 0 Å². The van der Waals surface area contributed by atoms with E-state index in [0.29, 0.717) is 5.88 Å². The third kappa shape index (κ3) is 2.96. The Balaban J connectivity index is 1.85. The number of hydrogen-bond acceptors (Lipinski definition) is 2. The molecule has 3 heteroatoms. The van der Waals surface area contributed by atoms with Crippen LogP contribution >= 0.6 is 22.9 Å². The summed E-state index contributed by atoms with van der Waals surface area (Å²) in [6, 6.07) is 11.7. The van der Waals surface area contributed by atoms with Gasteiger partial charge in [0.05, 0.1) is 6.54 Å². The van der Waals surface area contributed by atoms with Crippen LogP contribution in [-0.2, 0) is 12.4 Å². The monoisotopic (exact) mass is 291 g/mol. The second-order valence-electron chi connectivity index (χ2n) is 5.18. The highest BCUT2D eigenvalue weighted by molar-refractivity contribution is 7.09. The van der Waals surface area contributed by atoms with E-state index in [2.05, 4.69) is 47.5 Å². The first kappa shape index (κ1) is 13.0. The summed E-state index contributed by atoms with van der Waals surface area (Å²) in [5.74, 6) is 0.598. The highest BCUT2D eigenvalue weighted by Crippen LogP contribution is 2.34. The van der Waals surface area contributed by atoms with Crippen molar-refractivity contribution in [3.63, 3.8) is 0 Å². The average Bonchev–Trinajstić information content (AvgIpc) is 3.13. The Morgan fingerprint density at radius 1 is 1.32 bits per heavy atom. The van der Waals surface area contributed by atoms with E-state index in [9.17, 15) is 0 Å². The molecule has 1 aromatic heterocycles. The van der Waals surface area contributed by atoms with Gasteiger partial charge in [0.15, 0.2) is 0 Å². The number of alkyl halides is 1. The summed E-state index contributed by atoms with van der Waals surface area (Å²) in [5, 5.41) is 2.16. The lowest BCUT2D eigenvalue weighted by atomic mass is 10.1. The van der Waals surface area contributed by atoms with Gasteiger partial charge in [0.25, 0.3) is 0 Å². The quantitative estimate of drug-likeness (QED) is 0.704. The van der Waals surface area contributed by atoms with Crippen molar-refractivity contribution in [1.29, 1.82) is 0 Å². The summed E-state index contributed by atoms with van der Waals surface area (Å²) >= 11 is 7.78. The van der Waals surface area contributed by atoms with E-state index >= 15 is 0 Å². The summed E-state index contributed by atoms with van der Waals surface area (Å²) in [5.41, 5.74) is 3.86. The molecular weight excluding hydrogens is 274 g/mol. The number of aryl methyl sites for hydroxylation is 1. The lowest BCUT2D eigenvalue weighted by Gasteiger charge is -2.25. The van der Waals surface area contributed by atoms with Crippen LogP contribution < -0.4 is 4.90 Å². The van der Waals surface area contributed by atoms with E-state index in [0.717, 1.165) is 12.6 Å². The molecule has 0 unspecified atom stereocenters. The molecule has 0 bridgehead atoms. The normalized spacial score (nSPS) is 14.6. The number of anilines is 1. The third-order valence-electron chi connectivity index (χ3n) is 3.70. The van der Waals surface area contributed by atoms with Crippen LogP contribution in [0.1, 0.15) is 28.8 Å². The van der Waals surface area contributed by atoms with Crippen LogP contribution in [0.25, 0.3) is 0 Å². The van der Waals surface area contributed by atoms with Gasteiger partial charge >= 0.3 is 0 Å². The van der Waals surface area contributed by atoms with E-state index in [4.69, 9.17) is 11.6 Å². The number of thiophene rings is 1. The molecule has 0 atom stereocenters. The standard InChI is InChI=1S/C16H18ClNS/c1-12-9-15(5-4-13(12)10-17)18(14-6-7-14)11-16-3-2-8-19-16/h2-5,8-9,14H,6-7,10-11H2,1H3. The van der Waals surface area contributed by atoms with Gasteiger partial charge in [-0.2, -0.15) is 0 Å². The fraction of sp³-hybridized carbons (Fsp3) is 0.375. The van der Waals surface area contributed by atoms with Crippen LogP contribution in [0.4, 0.5) is 5.69 Å². The van der Waals surface area contributed by atoms with Gasteiger partial charge in [-0.1, -0.05) is 12.1 Å². The first-order valence-electron chi connectivity index (χ1n) is 6.72. The summed E-state index contributed by atoms with van der Waals surface area (Å²) in [6.07, 6.45) is 2.64. The predicted octanol–water partition coefficient (Wildman–Crippen LogP) is 4.96. The smallest absolute Gasteiger partial charge is 0.0525 e. The minimum absolute atomic E-state index is 0.598. The Labute approximate surface area is 123 Å². The molecule has 2 aromatic rings. The maximum absolute atomic E-state index is 5.94. The van der Waals surface area contributed by atoms with E-state index in [1.54, 1.807) is 0 Å². The Morgan fingerprint density at radius 2 is 2.16 bits per heavy atom. The Kier molecular flexibility index (Phi) is 3.81. The first-order valence-corrected chi connectivity index (χ1v) is 8.14. The zero-order chi connectivity index (χ0) is 13.2. The van der Waals surface area contributed by atoms with Crippen LogP contribution in [0.15, 0.2) is 35.7 Å². The van der Waals surface area contributed by atoms with Gasteiger partial charge in [-0.15, -0.1) is 22.9 Å². The molecule has 0 spiro atoms. The first-order chi connectivity index (χ1) is 9.28. The van der Waals surface area contributed by atoms with Gasteiger partial charge in [-0.05, 0) is 54.5 Å². The molecule has 1 aliphatic rings. The fourth-order valence-electron chi connectivity index (χ4n) is 2.40. The third-order valence-corrected chi connectivity index (χ3v) is 4.84. The number of hydrogen-bond donors (Lipinski definition) is 0. The molecule has 1 heterocycles. The highest BCUT2D eigenvalue weighted by Gasteiger charge is 2.29. The van der Waals surface area contributed by atoms with E-state index < -0.39 is 0 Å². The molecule has 0 radical (unpaired) electrons. The zero-order valence-electron chi connectivity index (χ0n) is 11.1. The van der Waals surface area contributed by atoms with Crippen molar-refractivity contribution in [2.24, 2.45) is 0 Å². The predicted molar refractivity (Wildman–Crippen MR) is 84.3 cm³/mol. The lowest BCUT2D eigenvalue weighted by Crippen LogP contribution is -2.24. The second-order valence-corrected chi connectivity index (χ2v) is 6.48. The molecule has 1 nitrogen and oxygen atoms in total. The minimum Gasteiger partial charge on any atom is -0.363 e. The molecule has 1 saturated carbocycles. The SMILES string of the molecule is Cc1cc(N(Cc2cccs2)C2CC2)ccc1CCl. The minimum atomic E-state index is 0.598. The molecule has 0 aliphatic heterocycles. The Morgan fingerprint density at radius 3 is 2.74 bits per heavy atom. The van der Waals surface area contributed by atoms with E-state index in [1.165, 1.54) is 34.5 Å². The van der Waals surface area contributed by atoms with Crippen LogP contribution in [0.5, 0.6) is 0 Å². The van der Waals surface area contributed by atoms with Crippen molar-refractivity contribution in [2.75, 3.05) is 4.90 Å². The van der Waals surface area contributed by atoms with Gasteiger partial charge in [-0.25, -0.2) is 0 Å². The average molecular weight is 292 g/mol. The van der Waals surface area contributed by atoms with Gasteiger partial charge in [-0.3, -0.25) is 0 Å². The second kappa shape index (κ2) is 5.56. The molecular formula is C16H18ClNS. The number of halogens is 1. The molecule has 1 aliphatic carbocycles. The number of rotatable bonds is 5. The lowest BCUT2D eigenvalue weighted by molar-refractivity contribution is 0.802. The van der Waals surface area contributed by atoms with Crippen LogP contribution in [-0.4, -0.2) is 6.04 Å². The van der Waals surface area contributed by atoms with Crippen LogP contribution in [0, 0.1) is 6.92 Å². The fourth-order valence-corrected chi connectivity index (χ4v) is 3.40. The van der Waals surface area contributed by atoms with Crippen LogP contribution in [0.2, 0.25) is 0 Å². The topological polar surface area (TPSA) is 3.24 Å². The zero-order valence-corrected chi connectivity index (χ0v) is 12.7. The summed E-state index contributed by atoms with van der Waals surface area (Å²) in [6.45, 7) is 3.18. The van der Waals surface area contributed by atoms with Gasteiger partial charge in [0, 0.05) is 22.5 Å². The van der Waals surface area contributed by atoms with Crippen molar-refractivity contribution in [3.05, 3.63) is 51.7 Å². The van der Waals surface area contributed by atoms with Gasteiger partial charge in [0.2, 0.25) is 0 Å². The maximum Gasteiger partial charge on any atom is 0.0525 e. The summed E-state index contributed by atoms with van der Waals surface area (Å²) in [4.78, 5) is 3.97. The van der Waals surface area contributed by atoms with Gasteiger partial charge in [0.1, 0.15) is 0 Å². The molecule has 0 saturated heterocycles. The molecule has 3 rings (SSSR count). The summed E-state index contributed by atoms with van der Waals surface area (Å²) < 4.78 is 0. The molecule has 19 heavy (non-hydrogen) atoms. The molecule has 0 N–H and O–H groups in total. The van der Waals surface area contributed by atoms with Gasteiger partial charge < -0.3 is 4.90 Å². The molecule has 100 valence electrons. The molecule has 0 amide bonds. The Bertz CT molecular complexity index is 546. The molecule has 1 aromatic carbocycles. The maximum atomic E-state index is 5.94. The summed E-state index contributed by atoms with van der Waals surface area (Å²) in [7, 11) is 0. The molecule has 1 fully saturated rings. The van der Waals surface area contributed by atoms with E-state index in [1.807, 2.05) is 11.3 Å². The highest BCUT2D eigenvalue weighted by atomic mass is 35.5. The number of benzene rings is 1. The van der Waals surface area contributed by atoms with Crippen molar-refractivity contribution < 1.29 is 0 Å². The van der Waals surface area contributed by atoms with Crippen molar-refractivity contribution in [1.82, 2.24) is 0 Å². The van der Waals surface area contributed by atoms with Crippen LogP contribution in [0.3, 0.4) is 0 Å². The van der Waals surface area contributed by atoms with Crippen molar-refractivity contribution >= 4 is 28.6 Å².